The predicted octanol–water partition coefficient (Wildman–Crippen LogP) is 2.12. The van der Waals surface area contributed by atoms with Gasteiger partial charge in [-0.25, -0.2) is 0 Å². The van der Waals surface area contributed by atoms with E-state index >= 15 is 0 Å². The summed E-state index contributed by atoms with van der Waals surface area (Å²) in [5.74, 6) is 0.160. The van der Waals surface area contributed by atoms with Crippen molar-refractivity contribution in [3.8, 4) is 0 Å². The summed E-state index contributed by atoms with van der Waals surface area (Å²) >= 11 is 0. The van der Waals surface area contributed by atoms with Crippen molar-refractivity contribution in [3.63, 3.8) is 0 Å². The number of carbonyl (C=O) groups is 1. The van der Waals surface area contributed by atoms with E-state index in [9.17, 15) is 4.79 Å². The summed E-state index contributed by atoms with van der Waals surface area (Å²) in [5, 5.41) is 6.37. The first-order chi connectivity index (χ1) is 8.84. The van der Waals surface area contributed by atoms with E-state index in [0.29, 0.717) is 19.0 Å². The van der Waals surface area contributed by atoms with Crippen LogP contribution < -0.4 is 10.6 Å². The van der Waals surface area contributed by atoms with Crippen molar-refractivity contribution < 1.29 is 4.79 Å². The molecule has 1 fully saturated rings. The van der Waals surface area contributed by atoms with E-state index in [0.717, 1.165) is 24.9 Å². The third kappa shape index (κ3) is 7.08. The third-order valence-electron chi connectivity index (χ3n) is 3.34. The zero-order chi connectivity index (χ0) is 12.6. The molecule has 0 aliphatic carbocycles. The van der Waals surface area contributed by atoms with Crippen LogP contribution in [0.2, 0.25) is 0 Å². The van der Waals surface area contributed by atoms with Crippen LogP contribution >= 0.6 is 24.8 Å². The lowest BCUT2D eigenvalue weighted by Crippen LogP contribution is -2.28. The van der Waals surface area contributed by atoms with Gasteiger partial charge in [-0.2, -0.15) is 0 Å². The molecule has 1 aromatic rings. The van der Waals surface area contributed by atoms with Crippen molar-refractivity contribution in [2.75, 3.05) is 13.1 Å². The molecule has 0 saturated carbocycles. The van der Waals surface area contributed by atoms with Crippen LogP contribution in [-0.2, 0) is 11.2 Å². The second-order valence-corrected chi connectivity index (χ2v) is 4.79. The third-order valence-corrected chi connectivity index (χ3v) is 3.34. The van der Waals surface area contributed by atoms with Gasteiger partial charge < -0.3 is 10.6 Å². The minimum atomic E-state index is 0. The van der Waals surface area contributed by atoms with E-state index in [1.165, 1.54) is 12.8 Å². The Kier molecular flexibility index (Phi) is 10.4. The second-order valence-electron chi connectivity index (χ2n) is 4.79. The molecule has 0 radical (unpaired) electrons. The molecule has 1 unspecified atom stereocenters. The van der Waals surface area contributed by atoms with Crippen molar-refractivity contribution >= 4 is 30.7 Å². The van der Waals surface area contributed by atoms with Gasteiger partial charge in [0, 0.05) is 31.4 Å². The molecule has 1 aliphatic heterocycles. The lowest BCUT2D eigenvalue weighted by Gasteiger charge is -2.09. The first-order valence-corrected chi connectivity index (χ1v) is 6.73. The number of carbonyl (C=O) groups excluding carboxylic acids is 1. The Morgan fingerprint density at radius 1 is 1.45 bits per heavy atom. The number of hydrogen-bond donors (Lipinski definition) is 2. The number of amides is 1. The average molecular weight is 320 g/mol. The van der Waals surface area contributed by atoms with Gasteiger partial charge in [0.05, 0.1) is 0 Å². The first kappa shape index (κ1) is 19.2. The van der Waals surface area contributed by atoms with E-state index in [-0.39, 0.29) is 30.7 Å². The smallest absolute Gasteiger partial charge is 0.220 e. The van der Waals surface area contributed by atoms with Gasteiger partial charge in [-0.15, -0.1) is 24.8 Å². The van der Waals surface area contributed by atoms with E-state index in [2.05, 4.69) is 15.6 Å². The topological polar surface area (TPSA) is 54.0 Å². The lowest BCUT2D eigenvalue weighted by atomic mass is 10.1. The number of hydrogen-bond acceptors (Lipinski definition) is 3. The van der Waals surface area contributed by atoms with Crippen LogP contribution in [0, 0.1) is 0 Å². The van der Waals surface area contributed by atoms with Crippen molar-refractivity contribution in [2.24, 2.45) is 0 Å². The molecule has 20 heavy (non-hydrogen) atoms. The highest BCUT2D eigenvalue weighted by Crippen LogP contribution is 2.10. The predicted molar refractivity (Wildman–Crippen MR) is 85.7 cm³/mol. The molecule has 4 nitrogen and oxygen atoms in total. The van der Waals surface area contributed by atoms with Gasteiger partial charge in [0.25, 0.3) is 0 Å². The summed E-state index contributed by atoms with van der Waals surface area (Å²) in [6, 6.07) is 4.50. The Morgan fingerprint density at radius 3 is 2.95 bits per heavy atom. The van der Waals surface area contributed by atoms with Crippen LogP contribution in [0.4, 0.5) is 0 Å². The number of pyridine rings is 1. The fourth-order valence-corrected chi connectivity index (χ4v) is 2.29. The maximum atomic E-state index is 11.6. The number of halogens is 2. The average Bonchev–Trinajstić information content (AvgIpc) is 2.91. The van der Waals surface area contributed by atoms with Crippen molar-refractivity contribution in [1.82, 2.24) is 15.6 Å². The van der Waals surface area contributed by atoms with Crippen molar-refractivity contribution in [3.05, 3.63) is 30.1 Å². The number of nitrogens with zero attached hydrogens (tertiary/aromatic N) is 1. The monoisotopic (exact) mass is 319 g/mol. The Balaban J connectivity index is 0.00000180. The molecule has 1 atom stereocenters. The number of rotatable bonds is 6. The van der Waals surface area contributed by atoms with Crippen LogP contribution in [0.3, 0.4) is 0 Å². The van der Waals surface area contributed by atoms with Crippen LogP contribution in [0.5, 0.6) is 0 Å². The molecule has 0 bridgehead atoms. The van der Waals surface area contributed by atoms with Gasteiger partial charge in [-0.1, -0.05) is 6.07 Å². The maximum Gasteiger partial charge on any atom is 0.220 e. The molecule has 2 heterocycles. The summed E-state index contributed by atoms with van der Waals surface area (Å²) in [4.78, 5) is 15.7. The number of aromatic nitrogens is 1. The highest BCUT2D eigenvalue weighted by molar-refractivity contribution is 5.85. The highest BCUT2D eigenvalue weighted by Gasteiger charge is 2.14. The fourth-order valence-electron chi connectivity index (χ4n) is 2.29. The molecule has 0 aromatic carbocycles. The molecule has 1 amide bonds. The highest BCUT2D eigenvalue weighted by atomic mass is 35.5. The van der Waals surface area contributed by atoms with Gasteiger partial charge >= 0.3 is 0 Å². The van der Waals surface area contributed by atoms with Crippen LogP contribution in [-0.4, -0.2) is 30.0 Å². The minimum Gasteiger partial charge on any atom is -0.356 e. The zero-order valence-electron chi connectivity index (χ0n) is 11.5. The van der Waals surface area contributed by atoms with Gasteiger partial charge in [0.2, 0.25) is 5.91 Å². The zero-order valence-corrected chi connectivity index (χ0v) is 13.1. The number of nitrogens with one attached hydrogen (secondary N) is 2. The molecular formula is C14H23Cl2N3O. The summed E-state index contributed by atoms with van der Waals surface area (Å²) < 4.78 is 0. The molecule has 2 N–H and O–H groups in total. The van der Waals surface area contributed by atoms with Gasteiger partial charge in [-0.05, 0) is 43.9 Å². The Morgan fingerprint density at radius 2 is 2.30 bits per heavy atom. The van der Waals surface area contributed by atoms with E-state index < -0.39 is 0 Å². The van der Waals surface area contributed by atoms with Crippen LogP contribution in [0.25, 0.3) is 0 Å². The standard InChI is InChI=1S/C14H21N3O.2ClH/c18-14(6-5-13-4-2-9-16-13)17-10-7-12-3-1-8-15-11-12;;/h1,3,8,11,13,16H,2,4-7,9-10H2,(H,17,18);2*1H. The second kappa shape index (κ2) is 10.9. The molecular weight excluding hydrogens is 297 g/mol. The summed E-state index contributed by atoms with van der Waals surface area (Å²) in [6.07, 6.45) is 8.49. The van der Waals surface area contributed by atoms with Gasteiger partial charge in [0.1, 0.15) is 0 Å². The SMILES string of the molecule is Cl.Cl.O=C(CCC1CCCN1)NCCc1cccnc1. The first-order valence-electron chi connectivity index (χ1n) is 6.73. The molecule has 1 aromatic heterocycles. The molecule has 6 heteroatoms. The van der Waals surface area contributed by atoms with Crippen LogP contribution in [0.15, 0.2) is 24.5 Å². The molecule has 114 valence electrons. The summed E-state index contributed by atoms with van der Waals surface area (Å²) in [7, 11) is 0. The molecule has 0 spiro atoms. The van der Waals surface area contributed by atoms with Crippen molar-refractivity contribution in [2.45, 2.75) is 38.1 Å². The van der Waals surface area contributed by atoms with E-state index in [1.807, 2.05) is 18.3 Å². The molecule has 1 aliphatic rings. The summed E-state index contributed by atoms with van der Waals surface area (Å²) in [5.41, 5.74) is 1.16. The van der Waals surface area contributed by atoms with E-state index in [1.54, 1.807) is 6.20 Å². The minimum absolute atomic E-state index is 0. The Labute approximate surface area is 132 Å². The molecule has 1 saturated heterocycles. The summed E-state index contributed by atoms with van der Waals surface area (Å²) in [6.45, 7) is 1.80. The largest absolute Gasteiger partial charge is 0.356 e. The lowest BCUT2D eigenvalue weighted by molar-refractivity contribution is -0.121. The Bertz CT molecular complexity index is 370. The van der Waals surface area contributed by atoms with Crippen molar-refractivity contribution in [1.29, 1.82) is 0 Å². The van der Waals surface area contributed by atoms with Gasteiger partial charge in [-0.3, -0.25) is 9.78 Å². The van der Waals surface area contributed by atoms with Gasteiger partial charge in [0.15, 0.2) is 0 Å². The quantitative estimate of drug-likeness (QED) is 0.844. The molecule has 2 rings (SSSR count). The fraction of sp³-hybridized carbons (Fsp3) is 0.571. The normalized spacial score (nSPS) is 16.9. The van der Waals surface area contributed by atoms with Crippen LogP contribution in [0.1, 0.15) is 31.2 Å². The Hall–Kier alpha value is -0.840. The maximum absolute atomic E-state index is 11.6. The van der Waals surface area contributed by atoms with E-state index in [4.69, 9.17) is 0 Å².